The highest BCUT2D eigenvalue weighted by molar-refractivity contribution is 7.88. The van der Waals surface area contributed by atoms with Crippen LogP contribution in [-0.4, -0.2) is 54.5 Å². The summed E-state index contributed by atoms with van der Waals surface area (Å²) in [4.78, 5) is 40.0. The summed E-state index contributed by atoms with van der Waals surface area (Å²) in [7, 11) is -1.89. The lowest BCUT2D eigenvalue weighted by Gasteiger charge is -2.46. The lowest BCUT2D eigenvalue weighted by molar-refractivity contribution is -0.184. The van der Waals surface area contributed by atoms with E-state index in [1.54, 1.807) is 54.6 Å². The second-order valence-electron chi connectivity index (χ2n) is 8.32. The molecule has 0 saturated carbocycles. The lowest BCUT2D eigenvalue weighted by Crippen LogP contribution is -2.65. The summed E-state index contributed by atoms with van der Waals surface area (Å²) >= 11 is 6.91. The zero-order valence-corrected chi connectivity index (χ0v) is 19.0. The van der Waals surface area contributed by atoms with Gasteiger partial charge in [0.05, 0.1) is 28.4 Å². The fourth-order valence-corrected chi connectivity index (χ4v) is 6.99. The second kappa shape index (κ2) is 7.93. The Labute approximate surface area is 196 Å². The zero-order valence-electron chi connectivity index (χ0n) is 17.4. The van der Waals surface area contributed by atoms with E-state index in [1.165, 1.54) is 11.8 Å². The molecule has 7 atom stereocenters. The predicted molar refractivity (Wildman–Crippen MR) is 116 cm³/mol. The standard InChI is InChI=1S/C23H20ClNO7S/c1-12(26)17-16-11-23(24,33(30)13-7-3-2-4-8-13)18(25(16)19(17)27)21(29)32-22-15-10-6-5-9-14(15)20(28)31-22/h2-10,12,16-18,22,26H,11H2,1H3. The molecular weight excluding hydrogens is 470 g/mol. The van der Waals surface area contributed by atoms with Crippen molar-refractivity contribution in [1.82, 2.24) is 4.90 Å². The number of carbonyl (C=O) groups is 3. The number of rotatable bonds is 5. The van der Waals surface area contributed by atoms with Crippen LogP contribution in [0.5, 0.6) is 0 Å². The maximum Gasteiger partial charge on any atom is 0.342 e. The number of carbonyl (C=O) groups excluding carboxylic acids is 3. The molecule has 3 heterocycles. The van der Waals surface area contributed by atoms with E-state index in [2.05, 4.69) is 0 Å². The van der Waals surface area contributed by atoms with Gasteiger partial charge in [0, 0.05) is 22.9 Å². The van der Waals surface area contributed by atoms with Crippen LogP contribution in [-0.2, 0) is 29.9 Å². The smallest absolute Gasteiger partial charge is 0.342 e. The number of aliphatic hydroxyl groups excluding tert-OH is 1. The van der Waals surface area contributed by atoms with Crippen LogP contribution in [0.15, 0.2) is 59.5 Å². The Balaban J connectivity index is 1.49. The van der Waals surface area contributed by atoms with Gasteiger partial charge in [-0.2, -0.15) is 0 Å². The number of hydrogen-bond donors (Lipinski definition) is 1. The van der Waals surface area contributed by atoms with Crippen LogP contribution < -0.4 is 0 Å². The van der Waals surface area contributed by atoms with Gasteiger partial charge in [-0.25, -0.2) is 9.59 Å². The van der Waals surface area contributed by atoms with E-state index in [9.17, 15) is 23.7 Å². The van der Waals surface area contributed by atoms with Crippen LogP contribution in [0.25, 0.3) is 0 Å². The van der Waals surface area contributed by atoms with E-state index in [4.69, 9.17) is 21.1 Å². The van der Waals surface area contributed by atoms with Gasteiger partial charge in [-0.05, 0) is 25.1 Å². The van der Waals surface area contributed by atoms with Crippen molar-refractivity contribution in [2.75, 3.05) is 0 Å². The number of esters is 2. The van der Waals surface area contributed by atoms with Crippen LogP contribution in [0.1, 0.15) is 35.6 Å². The van der Waals surface area contributed by atoms with E-state index in [1.807, 2.05) is 0 Å². The van der Waals surface area contributed by atoms with Crippen molar-refractivity contribution in [3.05, 3.63) is 65.7 Å². The largest absolute Gasteiger partial charge is 0.419 e. The first-order chi connectivity index (χ1) is 15.7. The van der Waals surface area contributed by atoms with Gasteiger partial charge in [0.15, 0.2) is 10.2 Å². The summed E-state index contributed by atoms with van der Waals surface area (Å²) in [5.74, 6) is -2.78. The number of ether oxygens (including phenoxy) is 2. The highest BCUT2D eigenvalue weighted by Crippen LogP contribution is 2.52. The maximum atomic E-state index is 13.6. The summed E-state index contributed by atoms with van der Waals surface area (Å²) in [6, 6.07) is 12.9. The fraction of sp³-hybridized carbons (Fsp3) is 0.348. The molecule has 1 N–H and O–H groups in total. The van der Waals surface area contributed by atoms with Crippen molar-refractivity contribution in [3.8, 4) is 0 Å². The molecule has 5 rings (SSSR count). The highest BCUT2D eigenvalue weighted by Gasteiger charge is 2.69. The minimum absolute atomic E-state index is 0.0260. The number of aliphatic hydroxyl groups is 1. The van der Waals surface area contributed by atoms with Gasteiger partial charge in [0.25, 0.3) is 6.29 Å². The average Bonchev–Trinajstić information content (AvgIpc) is 3.26. The van der Waals surface area contributed by atoms with Gasteiger partial charge >= 0.3 is 11.9 Å². The Morgan fingerprint density at radius 3 is 2.58 bits per heavy atom. The van der Waals surface area contributed by atoms with Gasteiger partial charge in [0.2, 0.25) is 5.91 Å². The quantitative estimate of drug-likeness (QED) is 0.389. The van der Waals surface area contributed by atoms with E-state index in [0.29, 0.717) is 10.5 Å². The van der Waals surface area contributed by atoms with Crippen molar-refractivity contribution < 1.29 is 33.2 Å². The SMILES string of the molecule is CC(O)C1C(=O)N2C1CC(Cl)(S(=O)c1ccccc1)C2C(=O)OC1OC(=O)c2ccccc21. The number of β-lactam (4-membered cyclic amide) rings is 1. The normalized spacial score (nSPS) is 31.8. The molecule has 7 unspecified atom stereocenters. The molecule has 0 spiro atoms. The van der Waals surface area contributed by atoms with E-state index in [0.717, 1.165) is 0 Å². The van der Waals surface area contributed by atoms with Crippen molar-refractivity contribution >= 4 is 40.2 Å². The third-order valence-electron chi connectivity index (χ3n) is 6.37. The monoisotopic (exact) mass is 489 g/mol. The van der Waals surface area contributed by atoms with Crippen LogP contribution in [0, 0.1) is 5.92 Å². The van der Waals surface area contributed by atoms with Crippen molar-refractivity contribution in [2.45, 2.75) is 46.9 Å². The van der Waals surface area contributed by atoms with Gasteiger partial charge in [-0.1, -0.05) is 36.4 Å². The van der Waals surface area contributed by atoms with E-state index in [-0.39, 0.29) is 12.0 Å². The van der Waals surface area contributed by atoms with Crippen LogP contribution in [0.2, 0.25) is 0 Å². The molecule has 3 aliphatic heterocycles. The summed E-state index contributed by atoms with van der Waals surface area (Å²) in [6.07, 6.45) is -2.23. The molecule has 3 aliphatic rings. The minimum Gasteiger partial charge on any atom is -0.419 e. The molecular formula is C23H20ClNO7S. The lowest BCUT2D eigenvalue weighted by atomic mass is 9.84. The molecule has 0 bridgehead atoms. The second-order valence-corrected chi connectivity index (χ2v) is 11.0. The minimum atomic E-state index is -1.89. The molecule has 172 valence electrons. The van der Waals surface area contributed by atoms with Crippen molar-refractivity contribution in [2.24, 2.45) is 5.92 Å². The molecule has 2 aromatic carbocycles. The molecule has 10 heteroatoms. The van der Waals surface area contributed by atoms with E-state index >= 15 is 0 Å². The Morgan fingerprint density at radius 2 is 1.88 bits per heavy atom. The van der Waals surface area contributed by atoms with Crippen LogP contribution in [0.4, 0.5) is 0 Å². The van der Waals surface area contributed by atoms with Crippen LogP contribution >= 0.6 is 11.6 Å². The summed E-state index contributed by atoms with van der Waals surface area (Å²) < 4.78 is 22.6. The molecule has 0 radical (unpaired) electrons. The number of halogens is 1. The Kier molecular flexibility index (Phi) is 5.30. The van der Waals surface area contributed by atoms with Crippen LogP contribution in [0.3, 0.4) is 0 Å². The predicted octanol–water partition coefficient (Wildman–Crippen LogP) is 2.12. The zero-order chi connectivity index (χ0) is 23.5. The molecule has 2 saturated heterocycles. The Hall–Kier alpha value is -2.75. The van der Waals surface area contributed by atoms with Gasteiger partial charge in [-0.15, -0.1) is 11.6 Å². The third kappa shape index (κ3) is 3.29. The number of alkyl halides is 1. The average molecular weight is 490 g/mol. The molecule has 0 aliphatic carbocycles. The third-order valence-corrected chi connectivity index (χ3v) is 8.85. The number of cyclic esters (lactones) is 1. The Bertz CT molecular complexity index is 1170. The molecule has 8 nitrogen and oxygen atoms in total. The number of amides is 1. The number of benzene rings is 2. The summed E-state index contributed by atoms with van der Waals surface area (Å²) in [5.41, 5.74) is 0.658. The van der Waals surface area contributed by atoms with Crippen molar-refractivity contribution in [3.63, 3.8) is 0 Å². The molecule has 33 heavy (non-hydrogen) atoms. The number of fused-ring (bicyclic) bond motifs is 2. The van der Waals surface area contributed by atoms with Gasteiger partial charge in [0.1, 0.15) is 0 Å². The van der Waals surface area contributed by atoms with Crippen molar-refractivity contribution in [1.29, 1.82) is 0 Å². The molecule has 0 aromatic heterocycles. The number of nitrogens with zero attached hydrogens (tertiary/aromatic N) is 1. The fourth-order valence-electron chi connectivity index (χ4n) is 4.84. The summed E-state index contributed by atoms with van der Waals surface area (Å²) in [6.45, 7) is 1.49. The van der Waals surface area contributed by atoms with E-state index < -0.39 is 63.2 Å². The maximum absolute atomic E-state index is 13.6. The molecule has 1 amide bonds. The molecule has 2 aromatic rings. The first kappa shape index (κ1) is 22.1. The first-order valence-corrected chi connectivity index (χ1v) is 11.9. The molecule has 2 fully saturated rings. The number of hydrogen-bond acceptors (Lipinski definition) is 7. The summed E-state index contributed by atoms with van der Waals surface area (Å²) in [5, 5.41) is 10.1. The van der Waals surface area contributed by atoms with Gasteiger partial charge < -0.3 is 19.5 Å². The van der Waals surface area contributed by atoms with Gasteiger partial charge in [-0.3, -0.25) is 9.00 Å². The highest BCUT2D eigenvalue weighted by atomic mass is 35.5. The first-order valence-electron chi connectivity index (χ1n) is 10.4. The topological polar surface area (TPSA) is 110 Å². The Morgan fingerprint density at radius 1 is 1.21 bits per heavy atom.